The number of rotatable bonds is 8. The fraction of sp³-hybridized carbons (Fsp3) is 0.407. The summed E-state index contributed by atoms with van der Waals surface area (Å²) in [7, 11) is 1.61. The number of benzene rings is 2. The highest BCUT2D eigenvalue weighted by atomic mass is 16.5. The molecule has 1 amide bonds. The number of morpholine rings is 1. The van der Waals surface area contributed by atoms with Crippen LogP contribution < -0.4 is 14.9 Å². The van der Waals surface area contributed by atoms with Crippen LogP contribution in [0.3, 0.4) is 0 Å². The Morgan fingerprint density at radius 3 is 2.46 bits per heavy atom. The minimum Gasteiger partial charge on any atom is -0.497 e. The van der Waals surface area contributed by atoms with Crippen molar-refractivity contribution < 1.29 is 23.4 Å². The molecule has 1 unspecified atom stereocenters. The van der Waals surface area contributed by atoms with Crippen LogP contribution in [0.1, 0.15) is 41.1 Å². The van der Waals surface area contributed by atoms with Gasteiger partial charge in [-0.05, 0) is 43.2 Å². The standard InChI is InChI=1S/C27H30N2O6/c1-3-34-20-9-10-21-22(17-20)35-26-23(25(21)30)24(18-5-7-19(32-2)8-6-18)29(27(26)31)12-4-11-28-13-15-33-16-14-28/h5-10,17,24H,3-4,11-16H2,1-2H3. The van der Waals surface area contributed by atoms with Crippen LogP contribution in [-0.2, 0) is 4.74 Å². The van der Waals surface area contributed by atoms with Gasteiger partial charge in [0, 0.05) is 32.2 Å². The lowest BCUT2D eigenvalue weighted by Gasteiger charge is -2.29. The molecule has 8 heteroatoms. The first-order valence-corrected chi connectivity index (χ1v) is 12.1. The molecule has 35 heavy (non-hydrogen) atoms. The van der Waals surface area contributed by atoms with Gasteiger partial charge in [-0.1, -0.05) is 12.1 Å². The Morgan fingerprint density at radius 2 is 1.74 bits per heavy atom. The van der Waals surface area contributed by atoms with Crippen LogP contribution in [0, 0.1) is 0 Å². The molecule has 1 aromatic heterocycles. The maximum absolute atomic E-state index is 13.7. The Kier molecular flexibility index (Phi) is 6.74. The summed E-state index contributed by atoms with van der Waals surface area (Å²) in [6.07, 6.45) is 0.786. The van der Waals surface area contributed by atoms with Crippen molar-refractivity contribution in [3.8, 4) is 11.5 Å². The van der Waals surface area contributed by atoms with E-state index in [1.165, 1.54) is 0 Å². The maximum Gasteiger partial charge on any atom is 0.290 e. The van der Waals surface area contributed by atoms with Gasteiger partial charge in [-0.15, -0.1) is 0 Å². The number of nitrogens with zero attached hydrogens (tertiary/aromatic N) is 2. The molecule has 0 N–H and O–H groups in total. The van der Waals surface area contributed by atoms with E-state index in [0.717, 1.165) is 44.8 Å². The number of hydrogen-bond acceptors (Lipinski definition) is 7. The van der Waals surface area contributed by atoms with Gasteiger partial charge in [0.2, 0.25) is 5.76 Å². The van der Waals surface area contributed by atoms with E-state index in [9.17, 15) is 9.59 Å². The molecule has 2 aromatic carbocycles. The molecule has 0 bridgehead atoms. The van der Waals surface area contributed by atoms with E-state index in [-0.39, 0.29) is 17.1 Å². The van der Waals surface area contributed by atoms with E-state index in [0.29, 0.717) is 41.2 Å². The quantitative estimate of drug-likeness (QED) is 0.490. The van der Waals surface area contributed by atoms with Crippen molar-refractivity contribution in [3.05, 3.63) is 69.6 Å². The highest BCUT2D eigenvalue weighted by Crippen LogP contribution is 2.39. The van der Waals surface area contributed by atoms with Crippen LogP contribution in [0.2, 0.25) is 0 Å². The van der Waals surface area contributed by atoms with Crippen molar-refractivity contribution in [2.24, 2.45) is 0 Å². The van der Waals surface area contributed by atoms with Crippen LogP contribution in [0.15, 0.2) is 51.7 Å². The van der Waals surface area contributed by atoms with Gasteiger partial charge >= 0.3 is 0 Å². The molecule has 0 saturated carbocycles. The molecule has 0 spiro atoms. The minimum atomic E-state index is -0.514. The third-order valence-corrected chi connectivity index (χ3v) is 6.66. The largest absolute Gasteiger partial charge is 0.497 e. The Hall–Kier alpha value is -3.36. The van der Waals surface area contributed by atoms with Gasteiger partial charge < -0.3 is 23.5 Å². The predicted octanol–water partition coefficient (Wildman–Crippen LogP) is 3.47. The van der Waals surface area contributed by atoms with Crippen LogP contribution in [0.5, 0.6) is 11.5 Å². The van der Waals surface area contributed by atoms with Crippen molar-refractivity contribution >= 4 is 16.9 Å². The van der Waals surface area contributed by atoms with E-state index in [1.807, 2.05) is 31.2 Å². The lowest BCUT2D eigenvalue weighted by atomic mass is 9.98. The fourth-order valence-corrected chi connectivity index (χ4v) is 4.91. The van der Waals surface area contributed by atoms with Crippen LogP contribution >= 0.6 is 0 Å². The molecule has 5 rings (SSSR count). The van der Waals surface area contributed by atoms with Gasteiger partial charge in [0.1, 0.15) is 17.1 Å². The molecule has 3 heterocycles. The molecule has 184 valence electrons. The van der Waals surface area contributed by atoms with Gasteiger partial charge in [0.05, 0.1) is 43.9 Å². The molecular formula is C27H30N2O6. The summed E-state index contributed by atoms with van der Waals surface area (Å²) in [5.41, 5.74) is 1.41. The lowest BCUT2D eigenvalue weighted by Crippen LogP contribution is -2.38. The summed E-state index contributed by atoms with van der Waals surface area (Å²) >= 11 is 0. The third kappa shape index (κ3) is 4.51. The maximum atomic E-state index is 13.7. The second-order valence-corrected chi connectivity index (χ2v) is 8.75. The monoisotopic (exact) mass is 478 g/mol. The van der Waals surface area contributed by atoms with E-state index in [1.54, 1.807) is 30.2 Å². The van der Waals surface area contributed by atoms with Gasteiger partial charge in [-0.25, -0.2) is 0 Å². The minimum absolute atomic E-state index is 0.114. The van der Waals surface area contributed by atoms with E-state index in [4.69, 9.17) is 18.6 Å². The van der Waals surface area contributed by atoms with E-state index < -0.39 is 6.04 Å². The molecule has 2 aliphatic rings. The van der Waals surface area contributed by atoms with Gasteiger partial charge in [0.25, 0.3) is 5.91 Å². The van der Waals surface area contributed by atoms with Crippen LogP contribution in [0.4, 0.5) is 0 Å². The number of amides is 1. The summed E-state index contributed by atoms with van der Waals surface area (Å²) in [4.78, 5) is 31.4. The molecular weight excluding hydrogens is 448 g/mol. The van der Waals surface area contributed by atoms with Crippen LogP contribution in [0.25, 0.3) is 11.0 Å². The Labute approximate surface area is 204 Å². The van der Waals surface area contributed by atoms with Crippen LogP contribution in [-0.4, -0.2) is 68.8 Å². The Bertz CT molecular complexity index is 1260. The average Bonchev–Trinajstić information content (AvgIpc) is 3.16. The first-order valence-electron chi connectivity index (χ1n) is 12.1. The highest BCUT2D eigenvalue weighted by molar-refractivity contribution is 5.99. The van der Waals surface area contributed by atoms with E-state index in [2.05, 4.69) is 4.90 Å². The topological polar surface area (TPSA) is 81.5 Å². The summed E-state index contributed by atoms with van der Waals surface area (Å²) in [6.45, 7) is 7.01. The molecule has 1 saturated heterocycles. The Balaban J connectivity index is 1.52. The summed E-state index contributed by atoms with van der Waals surface area (Å²) in [6, 6.07) is 12.1. The van der Waals surface area contributed by atoms with Crippen molar-refractivity contribution in [1.82, 2.24) is 9.80 Å². The van der Waals surface area contributed by atoms with E-state index >= 15 is 0 Å². The molecule has 0 radical (unpaired) electrons. The van der Waals surface area contributed by atoms with Gasteiger partial charge in [0.15, 0.2) is 5.43 Å². The second kappa shape index (κ2) is 10.1. The zero-order valence-corrected chi connectivity index (χ0v) is 20.1. The normalized spacial score (nSPS) is 18.2. The SMILES string of the molecule is CCOc1ccc2c(=O)c3c(oc2c1)C(=O)N(CCCN1CCOCC1)C3c1ccc(OC)cc1. The number of methoxy groups -OCH3 is 1. The molecule has 1 fully saturated rings. The van der Waals surface area contributed by atoms with Crippen molar-refractivity contribution in [1.29, 1.82) is 0 Å². The highest BCUT2D eigenvalue weighted by Gasteiger charge is 2.42. The van der Waals surface area contributed by atoms with Gasteiger partial charge in [-0.2, -0.15) is 0 Å². The lowest BCUT2D eigenvalue weighted by molar-refractivity contribution is 0.0353. The molecule has 3 aromatic rings. The summed E-state index contributed by atoms with van der Waals surface area (Å²) in [5.74, 6) is 1.17. The zero-order chi connectivity index (χ0) is 24.4. The van der Waals surface area contributed by atoms with Crippen molar-refractivity contribution in [3.63, 3.8) is 0 Å². The average molecular weight is 479 g/mol. The number of fused-ring (bicyclic) bond motifs is 2. The van der Waals surface area contributed by atoms with Crippen molar-refractivity contribution in [2.45, 2.75) is 19.4 Å². The second-order valence-electron chi connectivity index (χ2n) is 8.75. The number of carbonyl (C=O) groups is 1. The first kappa shape index (κ1) is 23.4. The van der Waals surface area contributed by atoms with Crippen molar-refractivity contribution in [2.75, 3.05) is 53.1 Å². The molecule has 1 atom stereocenters. The summed E-state index contributed by atoms with van der Waals surface area (Å²) < 4.78 is 22.4. The zero-order valence-electron chi connectivity index (χ0n) is 20.1. The Morgan fingerprint density at radius 1 is 1.00 bits per heavy atom. The number of carbonyl (C=O) groups excluding carboxylic acids is 1. The third-order valence-electron chi connectivity index (χ3n) is 6.66. The smallest absolute Gasteiger partial charge is 0.290 e. The first-order chi connectivity index (χ1) is 17.1. The summed E-state index contributed by atoms with van der Waals surface area (Å²) in [5, 5.41) is 0.439. The van der Waals surface area contributed by atoms with Gasteiger partial charge in [-0.3, -0.25) is 14.5 Å². The number of hydrogen-bond donors (Lipinski definition) is 0. The number of ether oxygens (including phenoxy) is 3. The molecule has 2 aliphatic heterocycles. The molecule has 8 nitrogen and oxygen atoms in total. The predicted molar refractivity (Wildman–Crippen MR) is 131 cm³/mol. The fourth-order valence-electron chi connectivity index (χ4n) is 4.91. The molecule has 0 aliphatic carbocycles.